The molecule has 4 rings (SSSR count). The maximum atomic E-state index is 13.4. The fourth-order valence-electron chi connectivity index (χ4n) is 3.17. The van der Waals surface area contributed by atoms with Crippen LogP contribution >= 0.6 is 0 Å². The van der Waals surface area contributed by atoms with E-state index >= 15 is 0 Å². The number of sulfone groups is 1. The Hall–Kier alpha value is -3.90. The van der Waals surface area contributed by atoms with E-state index in [4.69, 9.17) is 10.5 Å². The second-order valence-corrected chi connectivity index (χ2v) is 8.73. The normalized spacial score (nSPS) is 11.1. The lowest BCUT2D eigenvalue weighted by Gasteiger charge is -2.15. The minimum atomic E-state index is -3.96. The van der Waals surface area contributed by atoms with Gasteiger partial charge in [0.15, 0.2) is 5.78 Å². The van der Waals surface area contributed by atoms with Crippen molar-refractivity contribution >= 4 is 21.3 Å². The molecule has 154 valence electrons. The summed E-state index contributed by atoms with van der Waals surface area (Å²) in [5.74, 6) is 0.141. The third-order valence-electron chi connectivity index (χ3n) is 4.70. The number of hydrogen-bond acceptors (Lipinski definition) is 5. The number of anilines is 1. The molecule has 5 nitrogen and oxygen atoms in total. The molecule has 2 N–H and O–H groups in total. The summed E-state index contributed by atoms with van der Waals surface area (Å²) in [7, 11) is -3.96. The Balaban J connectivity index is 1.91. The minimum Gasteiger partial charge on any atom is -0.457 e. The summed E-state index contributed by atoms with van der Waals surface area (Å²) in [6.45, 7) is 0. The van der Waals surface area contributed by atoms with Gasteiger partial charge >= 0.3 is 0 Å². The van der Waals surface area contributed by atoms with Crippen molar-refractivity contribution in [2.45, 2.75) is 9.79 Å². The Morgan fingerprint density at radius 3 is 1.97 bits per heavy atom. The maximum Gasteiger partial charge on any atom is 0.207 e. The Morgan fingerprint density at radius 2 is 1.32 bits per heavy atom. The second-order valence-electron chi connectivity index (χ2n) is 6.81. The summed E-state index contributed by atoms with van der Waals surface area (Å²) < 4.78 is 32.8. The Bertz CT molecular complexity index is 1320. The predicted molar refractivity (Wildman–Crippen MR) is 119 cm³/mol. The zero-order valence-electron chi connectivity index (χ0n) is 16.4. The van der Waals surface area contributed by atoms with Crippen LogP contribution in [0.1, 0.15) is 15.9 Å². The molecule has 0 unspecified atom stereocenters. The van der Waals surface area contributed by atoms with Crippen molar-refractivity contribution < 1.29 is 17.9 Å². The van der Waals surface area contributed by atoms with Gasteiger partial charge in [-0.1, -0.05) is 54.6 Å². The third-order valence-corrected chi connectivity index (χ3v) is 6.51. The van der Waals surface area contributed by atoms with E-state index in [1.807, 2.05) is 0 Å². The van der Waals surface area contributed by atoms with Crippen LogP contribution in [0, 0.1) is 0 Å². The lowest BCUT2D eigenvalue weighted by atomic mass is 10.0. The first-order valence-corrected chi connectivity index (χ1v) is 11.0. The van der Waals surface area contributed by atoms with Crippen molar-refractivity contribution in [3.8, 4) is 11.5 Å². The molecule has 4 aromatic carbocycles. The molecule has 0 aliphatic heterocycles. The van der Waals surface area contributed by atoms with Gasteiger partial charge in [0.1, 0.15) is 11.5 Å². The van der Waals surface area contributed by atoms with Crippen molar-refractivity contribution in [1.29, 1.82) is 0 Å². The predicted octanol–water partition coefficient (Wildman–Crippen LogP) is 5.12. The maximum absolute atomic E-state index is 13.4. The van der Waals surface area contributed by atoms with E-state index in [2.05, 4.69) is 0 Å². The molecule has 0 radical (unpaired) electrons. The average Bonchev–Trinajstić information content (AvgIpc) is 2.81. The number of rotatable bonds is 6. The number of benzene rings is 4. The summed E-state index contributed by atoms with van der Waals surface area (Å²) in [5.41, 5.74) is 6.64. The van der Waals surface area contributed by atoms with Crippen molar-refractivity contribution in [3.05, 3.63) is 114 Å². The number of nitrogen functional groups attached to an aromatic ring is 1. The van der Waals surface area contributed by atoms with Gasteiger partial charge < -0.3 is 10.5 Å². The largest absolute Gasteiger partial charge is 0.457 e. The highest BCUT2D eigenvalue weighted by Crippen LogP contribution is 2.35. The highest BCUT2D eigenvalue weighted by molar-refractivity contribution is 7.91. The Morgan fingerprint density at radius 1 is 0.710 bits per heavy atom. The first-order valence-electron chi connectivity index (χ1n) is 9.53. The molecule has 0 aliphatic rings. The van der Waals surface area contributed by atoms with Crippen LogP contribution in [0.25, 0.3) is 0 Å². The molecule has 4 aromatic rings. The van der Waals surface area contributed by atoms with E-state index in [-0.39, 0.29) is 21.1 Å². The van der Waals surface area contributed by atoms with Crippen LogP contribution in [0.2, 0.25) is 0 Å². The van der Waals surface area contributed by atoms with E-state index in [0.717, 1.165) is 0 Å². The molecule has 0 saturated heterocycles. The molecular formula is C25H19NO4S. The molecule has 0 spiro atoms. The molecule has 0 fully saturated rings. The molecular weight excluding hydrogens is 410 g/mol. The summed E-state index contributed by atoms with van der Waals surface area (Å²) in [6, 6.07) is 27.7. The first-order chi connectivity index (χ1) is 15.0. The third kappa shape index (κ3) is 4.20. The molecule has 0 bridgehead atoms. The lowest BCUT2D eigenvalue weighted by molar-refractivity contribution is 0.103. The fraction of sp³-hybridized carbons (Fsp3) is 0. The first kappa shape index (κ1) is 20.4. The average molecular weight is 429 g/mol. The van der Waals surface area contributed by atoms with E-state index in [9.17, 15) is 13.2 Å². The lowest BCUT2D eigenvalue weighted by Crippen LogP contribution is -2.12. The van der Waals surface area contributed by atoms with Gasteiger partial charge in [0, 0.05) is 11.3 Å². The van der Waals surface area contributed by atoms with Crippen LogP contribution in [0.15, 0.2) is 113 Å². The monoisotopic (exact) mass is 429 g/mol. The van der Waals surface area contributed by atoms with Crippen LogP contribution in [-0.2, 0) is 9.84 Å². The van der Waals surface area contributed by atoms with Crippen molar-refractivity contribution in [3.63, 3.8) is 0 Å². The quantitative estimate of drug-likeness (QED) is 0.339. The van der Waals surface area contributed by atoms with Crippen LogP contribution < -0.4 is 10.5 Å². The molecule has 0 aliphatic carbocycles. The van der Waals surface area contributed by atoms with Gasteiger partial charge in [0.25, 0.3) is 0 Å². The SMILES string of the molecule is Nc1ccc(Oc2cccc(S(=O)(=O)c3ccccc3)c2C(=O)c2ccccc2)cc1. The van der Waals surface area contributed by atoms with E-state index in [1.165, 1.54) is 18.2 Å². The number of ether oxygens (including phenoxy) is 1. The second kappa shape index (κ2) is 8.45. The molecule has 6 heteroatoms. The zero-order valence-corrected chi connectivity index (χ0v) is 17.3. The van der Waals surface area contributed by atoms with E-state index < -0.39 is 15.6 Å². The highest BCUT2D eigenvalue weighted by atomic mass is 32.2. The van der Waals surface area contributed by atoms with Gasteiger partial charge in [0.2, 0.25) is 9.84 Å². The van der Waals surface area contributed by atoms with Crippen LogP contribution in [0.3, 0.4) is 0 Å². The summed E-state index contributed by atoms with van der Waals surface area (Å²) in [5, 5.41) is 0. The zero-order chi connectivity index (χ0) is 21.8. The fourth-order valence-corrected chi connectivity index (χ4v) is 4.66. The van der Waals surface area contributed by atoms with Crippen molar-refractivity contribution in [2.75, 3.05) is 5.73 Å². The topological polar surface area (TPSA) is 86.5 Å². The minimum absolute atomic E-state index is 0.0191. The molecule has 31 heavy (non-hydrogen) atoms. The number of ketones is 1. The molecule has 0 saturated carbocycles. The van der Waals surface area contributed by atoms with Gasteiger partial charge in [-0.15, -0.1) is 0 Å². The van der Waals surface area contributed by atoms with Crippen LogP contribution in [0.5, 0.6) is 11.5 Å². The summed E-state index contributed by atoms with van der Waals surface area (Å²) in [6.07, 6.45) is 0. The molecule has 0 aromatic heterocycles. The number of carbonyl (C=O) groups excluding carboxylic acids is 1. The van der Waals surface area contributed by atoms with E-state index in [1.54, 1.807) is 84.9 Å². The summed E-state index contributed by atoms with van der Waals surface area (Å²) in [4.78, 5) is 13.4. The van der Waals surface area contributed by atoms with Gasteiger partial charge in [-0.3, -0.25) is 4.79 Å². The Labute approximate surface area is 180 Å². The summed E-state index contributed by atoms with van der Waals surface area (Å²) >= 11 is 0. The van der Waals surface area contributed by atoms with Gasteiger partial charge in [-0.2, -0.15) is 0 Å². The number of hydrogen-bond donors (Lipinski definition) is 1. The number of nitrogens with two attached hydrogens (primary N) is 1. The molecule has 0 heterocycles. The number of carbonyl (C=O) groups is 1. The van der Waals surface area contributed by atoms with Crippen molar-refractivity contribution in [1.82, 2.24) is 0 Å². The Kier molecular flexibility index (Phi) is 5.56. The smallest absolute Gasteiger partial charge is 0.207 e. The van der Waals surface area contributed by atoms with Crippen molar-refractivity contribution in [2.24, 2.45) is 0 Å². The van der Waals surface area contributed by atoms with Gasteiger partial charge in [-0.25, -0.2) is 8.42 Å². The van der Waals surface area contributed by atoms with E-state index in [0.29, 0.717) is 17.0 Å². The van der Waals surface area contributed by atoms with Gasteiger partial charge in [-0.05, 0) is 48.5 Å². The highest BCUT2D eigenvalue weighted by Gasteiger charge is 2.28. The molecule has 0 amide bonds. The standard InChI is InChI=1S/C25H19NO4S/c26-19-14-16-20(17-15-19)30-22-12-7-13-23(31(28,29)21-10-5-2-6-11-21)24(22)25(27)18-8-3-1-4-9-18/h1-17H,26H2. The van der Waals surface area contributed by atoms with Crippen LogP contribution in [-0.4, -0.2) is 14.2 Å². The van der Waals surface area contributed by atoms with Gasteiger partial charge in [0.05, 0.1) is 15.4 Å². The van der Waals surface area contributed by atoms with Crippen LogP contribution in [0.4, 0.5) is 5.69 Å². The molecule has 0 atom stereocenters.